The number of hydrogen-bond donors (Lipinski definition) is 4. The van der Waals surface area contributed by atoms with Crippen LogP contribution in [-0.2, 0) is 11.2 Å². The second kappa shape index (κ2) is 8.58. The third-order valence-corrected chi connectivity index (χ3v) is 6.55. The summed E-state index contributed by atoms with van der Waals surface area (Å²) < 4.78 is 26.8. The van der Waals surface area contributed by atoms with Gasteiger partial charge in [0.05, 0.1) is 13.7 Å². The number of aliphatic hydroxyl groups excluding tert-OH is 4. The summed E-state index contributed by atoms with van der Waals surface area (Å²) in [6, 6.07) is 12.7. The predicted octanol–water partition coefficient (Wildman–Crippen LogP) is 2.15. The Kier molecular flexibility index (Phi) is 6.06. The number of rotatable bonds is 5. The van der Waals surface area contributed by atoms with Gasteiger partial charge in [-0.3, -0.25) is 0 Å². The fourth-order valence-corrected chi connectivity index (χ4v) is 4.91. The van der Waals surface area contributed by atoms with E-state index in [9.17, 15) is 24.8 Å². The Labute approximate surface area is 176 Å². The maximum atomic E-state index is 14.8. The highest BCUT2D eigenvalue weighted by Gasteiger charge is 2.45. The number of hydrogen-bond acceptors (Lipinski definition) is 7. The molecule has 30 heavy (non-hydrogen) atoms. The van der Waals surface area contributed by atoms with Crippen LogP contribution in [0.15, 0.2) is 42.5 Å². The minimum Gasteiger partial charge on any atom is -0.496 e. The summed E-state index contributed by atoms with van der Waals surface area (Å²) >= 11 is 1.57. The standard InChI is InChI=1S/C22H23FO6S/c1-28-16-9-15(23)12(7-13-6-11-4-2-3-5-18(11)30-13)8-14(16)22-21(27)20(26)19(25)17(10-24)29-22/h2-6,8-9,17,19-22,24-27H,7,10H2,1H3/t17-,19-,20+,21-,22+/m1/s1. The van der Waals surface area contributed by atoms with Gasteiger partial charge in [-0.2, -0.15) is 0 Å². The molecule has 5 atom stereocenters. The van der Waals surface area contributed by atoms with Crippen molar-refractivity contribution in [2.75, 3.05) is 13.7 Å². The van der Waals surface area contributed by atoms with Crippen LogP contribution in [0.5, 0.6) is 5.75 Å². The van der Waals surface area contributed by atoms with Crippen molar-refractivity contribution in [2.24, 2.45) is 0 Å². The lowest BCUT2D eigenvalue weighted by Crippen LogP contribution is -2.55. The van der Waals surface area contributed by atoms with E-state index in [0.717, 1.165) is 15.0 Å². The van der Waals surface area contributed by atoms with Crippen LogP contribution in [-0.4, -0.2) is 58.6 Å². The van der Waals surface area contributed by atoms with Crippen molar-refractivity contribution in [2.45, 2.75) is 36.9 Å². The fourth-order valence-electron chi connectivity index (χ4n) is 3.82. The first-order valence-corrected chi connectivity index (χ1v) is 10.4. The lowest BCUT2D eigenvalue weighted by atomic mass is 9.89. The van der Waals surface area contributed by atoms with Gasteiger partial charge in [-0.1, -0.05) is 18.2 Å². The van der Waals surface area contributed by atoms with Crippen LogP contribution >= 0.6 is 11.3 Å². The van der Waals surface area contributed by atoms with Crippen molar-refractivity contribution < 1.29 is 34.3 Å². The molecule has 0 spiro atoms. The Hall–Kier alpha value is -2.07. The lowest BCUT2D eigenvalue weighted by Gasteiger charge is -2.40. The number of halogens is 1. The first-order chi connectivity index (χ1) is 14.4. The molecule has 160 valence electrons. The van der Waals surface area contributed by atoms with Gasteiger partial charge < -0.3 is 29.9 Å². The van der Waals surface area contributed by atoms with E-state index in [-0.39, 0.29) is 5.75 Å². The molecule has 4 rings (SSSR count). The average Bonchev–Trinajstić information content (AvgIpc) is 3.16. The van der Waals surface area contributed by atoms with E-state index in [1.165, 1.54) is 13.2 Å². The number of fused-ring (bicyclic) bond motifs is 1. The number of ether oxygens (including phenoxy) is 2. The quantitative estimate of drug-likeness (QED) is 0.491. The number of methoxy groups -OCH3 is 1. The maximum Gasteiger partial charge on any atom is 0.130 e. The van der Waals surface area contributed by atoms with E-state index < -0.39 is 42.9 Å². The molecule has 0 unspecified atom stereocenters. The molecule has 0 amide bonds. The molecule has 1 saturated heterocycles. The molecule has 3 aromatic rings. The first kappa shape index (κ1) is 21.2. The minimum absolute atomic E-state index is 0.150. The van der Waals surface area contributed by atoms with Gasteiger partial charge in [0.25, 0.3) is 0 Å². The Bertz CT molecular complexity index is 1000. The zero-order valence-electron chi connectivity index (χ0n) is 16.2. The highest BCUT2D eigenvalue weighted by atomic mass is 32.1. The average molecular weight is 434 g/mol. The van der Waals surface area contributed by atoms with Gasteiger partial charge in [0.15, 0.2) is 0 Å². The van der Waals surface area contributed by atoms with Gasteiger partial charge in [-0.25, -0.2) is 4.39 Å². The van der Waals surface area contributed by atoms with E-state index in [1.807, 2.05) is 30.3 Å². The smallest absolute Gasteiger partial charge is 0.130 e. The molecule has 1 aliphatic heterocycles. The van der Waals surface area contributed by atoms with Gasteiger partial charge in [0.1, 0.15) is 42.1 Å². The fraction of sp³-hybridized carbons (Fsp3) is 0.364. The van der Waals surface area contributed by atoms with Gasteiger partial charge in [0.2, 0.25) is 0 Å². The summed E-state index contributed by atoms with van der Waals surface area (Å²) in [5.41, 5.74) is 0.723. The molecule has 0 radical (unpaired) electrons. The van der Waals surface area contributed by atoms with E-state index in [1.54, 1.807) is 17.4 Å². The van der Waals surface area contributed by atoms with Crippen molar-refractivity contribution in [1.29, 1.82) is 0 Å². The Morgan fingerprint density at radius 3 is 2.53 bits per heavy atom. The third-order valence-electron chi connectivity index (χ3n) is 5.44. The summed E-state index contributed by atoms with van der Waals surface area (Å²) in [7, 11) is 1.37. The van der Waals surface area contributed by atoms with E-state index in [4.69, 9.17) is 9.47 Å². The van der Waals surface area contributed by atoms with Crippen molar-refractivity contribution in [3.8, 4) is 5.75 Å². The van der Waals surface area contributed by atoms with Crippen LogP contribution in [0, 0.1) is 5.82 Å². The van der Waals surface area contributed by atoms with Gasteiger partial charge in [-0.05, 0) is 29.1 Å². The van der Waals surface area contributed by atoms with Crippen molar-refractivity contribution in [3.63, 3.8) is 0 Å². The molecule has 6 nitrogen and oxygen atoms in total. The topological polar surface area (TPSA) is 99.4 Å². The lowest BCUT2D eigenvalue weighted by molar-refractivity contribution is -0.232. The zero-order chi connectivity index (χ0) is 21.4. The monoisotopic (exact) mass is 434 g/mol. The zero-order valence-corrected chi connectivity index (χ0v) is 17.1. The Morgan fingerprint density at radius 1 is 1.07 bits per heavy atom. The summed E-state index contributed by atoms with van der Waals surface area (Å²) in [4.78, 5) is 0.972. The molecule has 1 fully saturated rings. The minimum atomic E-state index is -1.53. The second-order valence-electron chi connectivity index (χ2n) is 7.36. The molecule has 0 saturated carbocycles. The molecule has 0 bridgehead atoms. The Balaban J connectivity index is 1.71. The normalized spacial score (nSPS) is 26.8. The highest BCUT2D eigenvalue weighted by molar-refractivity contribution is 7.19. The number of aliphatic hydroxyl groups is 4. The number of benzene rings is 2. The van der Waals surface area contributed by atoms with Gasteiger partial charge >= 0.3 is 0 Å². The number of thiophene rings is 1. The van der Waals surface area contributed by atoms with Crippen molar-refractivity contribution >= 4 is 21.4 Å². The van der Waals surface area contributed by atoms with Gasteiger partial charge in [0, 0.05) is 27.6 Å². The molecule has 8 heteroatoms. The molecular weight excluding hydrogens is 411 g/mol. The third kappa shape index (κ3) is 3.82. The van der Waals surface area contributed by atoms with Gasteiger partial charge in [-0.15, -0.1) is 11.3 Å². The molecule has 1 aliphatic rings. The Morgan fingerprint density at radius 2 is 1.83 bits per heavy atom. The van der Waals surface area contributed by atoms with Crippen molar-refractivity contribution in [1.82, 2.24) is 0 Å². The predicted molar refractivity (Wildman–Crippen MR) is 110 cm³/mol. The SMILES string of the molecule is COc1cc(F)c(Cc2cc3ccccc3s2)cc1[C@@H]1O[C@H](CO)[C@@H](O)[C@H](O)[C@H]1O. The highest BCUT2D eigenvalue weighted by Crippen LogP contribution is 2.39. The van der Waals surface area contributed by atoms with Crippen LogP contribution < -0.4 is 4.74 Å². The molecule has 1 aromatic heterocycles. The van der Waals surface area contributed by atoms with Crippen LogP contribution in [0.1, 0.15) is 22.1 Å². The van der Waals surface area contributed by atoms with Crippen LogP contribution in [0.3, 0.4) is 0 Å². The maximum absolute atomic E-state index is 14.8. The first-order valence-electron chi connectivity index (χ1n) is 9.57. The molecule has 2 aromatic carbocycles. The van der Waals surface area contributed by atoms with Crippen LogP contribution in [0.25, 0.3) is 10.1 Å². The summed E-state index contributed by atoms with van der Waals surface area (Å²) in [6.07, 6.45) is -6.29. The van der Waals surface area contributed by atoms with Crippen LogP contribution in [0.2, 0.25) is 0 Å². The van der Waals surface area contributed by atoms with Crippen LogP contribution in [0.4, 0.5) is 4.39 Å². The van der Waals surface area contributed by atoms with E-state index >= 15 is 0 Å². The summed E-state index contributed by atoms with van der Waals surface area (Å²) in [6.45, 7) is -0.542. The molecule has 0 aliphatic carbocycles. The van der Waals surface area contributed by atoms with Crippen molar-refractivity contribution in [3.05, 3.63) is 64.3 Å². The second-order valence-corrected chi connectivity index (χ2v) is 8.53. The molecule has 2 heterocycles. The van der Waals surface area contributed by atoms with E-state index in [2.05, 4.69) is 0 Å². The molecular formula is C22H23FO6S. The molecule has 4 N–H and O–H groups in total. The summed E-state index contributed by atoms with van der Waals surface area (Å²) in [5, 5.41) is 41.2. The van der Waals surface area contributed by atoms with E-state index in [0.29, 0.717) is 17.5 Å². The largest absolute Gasteiger partial charge is 0.496 e. The summed E-state index contributed by atoms with van der Waals surface area (Å²) in [5.74, 6) is -0.311.